The van der Waals surface area contributed by atoms with Gasteiger partial charge >= 0.3 is 0 Å². The second kappa shape index (κ2) is 8.28. The van der Waals surface area contributed by atoms with Crippen LogP contribution in [0.1, 0.15) is 125 Å². The first kappa shape index (κ1) is 23.2. The predicted octanol–water partition coefficient (Wildman–Crippen LogP) is 8.62. The lowest BCUT2D eigenvalue weighted by atomic mass is 9.45. The average Bonchev–Trinajstić information content (AvgIpc) is 3.36. The molecule has 0 saturated heterocycles. The molecule has 5 aliphatic carbocycles. The molecule has 1 unspecified atom stereocenters. The van der Waals surface area contributed by atoms with E-state index in [-0.39, 0.29) is 11.5 Å². The van der Waals surface area contributed by atoms with E-state index in [9.17, 15) is 5.11 Å². The van der Waals surface area contributed by atoms with E-state index in [2.05, 4.69) is 40.7 Å². The minimum Gasteiger partial charge on any atom is -0.393 e. The third-order valence-electron chi connectivity index (χ3n) is 11.7. The van der Waals surface area contributed by atoms with E-state index < -0.39 is 0 Å². The molecule has 2 saturated carbocycles. The maximum absolute atomic E-state index is 11.2. The standard InChI is InChI=1S/C31H50O/c1-21(2)9-8-10-22(3)24-12-13-25-23-11-14-27-30(5,26(23)15-19-29(24,25)4)20-16-28(32)31(27)17-6-7-18-31/h13,21-22,24,27-28,32H,6-12,14-20H2,1-5H3/t22-,24-,27?,28+,29-,30-/m1/s1. The van der Waals surface area contributed by atoms with Crippen molar-refractivity contribution in [2.75, 3.05) is 0 Å². The molecule has 6 atom stereocenters. The highest BCUT2D eigenvalue weighted by Crippen LogP contribution is 2.69. The average molecular weight is 439 g/mol. The number of hydrogen-bond acceptors (Lipinski definition) is 1. The van der Waals surface area contributed by atoms with Crippen LogP contribution in [0.5, 0.6) is 0 Å². The summed E-state index contributed by atoms with van der Waals surface area (Å²) in [6.45, 7) is 12.6. The van der Waals surface area contributed by atoms with Gasteiger partial charge in [-0.1, -0.05) is 78.4 Å². The summed E-state index contributed by atoms with van der Waals surface area (Å²) >= 11 is 0. The summed E-state index contributed by atoms with van der Waals surface area (Å²) < 4.78 is 0. The zero-order valence-electron chi connectivity index (χ0n) is 21.8. The lowest BCUT2D eigenvalue weighted by Gasteiger charge is -2.60. The summed E-state index contributed by atoms with van der Waals surface area (Å²) in [5.41, 5.74) is 6.44. The quantitative estimate of drug-likeness (QED) is 0.455. The SMILES string of the molecule is CC(C)CCC[C@@H](C)[C@H]1CC=C2C3=C(CC[C@@]21C)[C@@]1(C)CC[C@H](O)C2(CCCC2)C1CC3. The van der Waals surface area contributed by atoms with Crippen LogP contribution in [-0.4, -0.2) is 11.2 Å². The van der Waals surface area contributed by atoms with Gasteiger partial charge in [0, 0.05) is 0 Å². The molecule has 0 bridgehead atoms. The Balaban J connectivity index is 1.40. The van der Waals surface area contributed by atoms with Crippen LogP contribution in [-0.2, 0) is 0 Å². The van der Waals surface area contributed by atoms with Gasteiger partial charge in [0.2, 0.25) is 0 Å². The van der Waals surface area contributed by atoms with Crippen LogP contribution in [0.3, 0.4) is 0 Å². The van der Waals surface area contributed by atoms with Gasteiger partial charge in [-0.15, -0.1) is 0 Å². The fraction of sp³-hybridized carbons (Fsp3) is 0.871. The van der Waals surface area contributed by atoms with Crippen molar-refractivity contribution in [2.24, 2.45) is 39.9 Å². The fourth-order valence-electron chi connectivity index (χ4n) is 9.99. The van der Waals surface area contributed by atoms with Crippen LogP contribution in [0.4, 0.5) is 0 Å². The Bertz CT molecular complexity index is 780. The van der Waals surface area contributed by atoms with Gasteiger partial charge in [0.05, 0.1) is 6.10 Å². The van der Waals surface area contributed by atoms with Crippen LogP contribution in [0.25, 0.3) is 0 Å². The Morgan fingerprint density at radius 3 is 2.41 bits per heavy atom. The van der Waals surface area contributed by atoms with Crippen LogP contribution >= 0.6 is 0 Å². The first-order valence-electron chi connectivity index (χ1n) is 14.3. The minimum atomic E-state index is -0.0409. The van der Waals surface area contributed by atoms with Gasteiger partial charge in [-0.3, -0.25) is 0 Å². The van der Waals surface area contributed by atoms with Crippen molar-refractivity contribution < 1.29 is 5.11 Å². The molecule has 2 fully saturated rings. The van der Waals surface area contributed by atoms with Gasteiger partial charge in [-0.25, -0.2) is 0 Å². The Kier molecular flexibility index (Phi) is 6.00. The monoisotopic (exact) mass is 438 g/mol. The molecule has 1 nitrogen and oxygen atoms in total. The summed E-state index contributed by atoms with van der Waals surface area (Å²) in [4.78, 5) is 0. The highest BCUT2D eigenvalue weighted by molar-refractivity contribution is 5.50. The zero-order valence-corrected chi connectivity index (χ0v) is 21.8. The number of rotatable bonds is 5. The van der Waals surface area contributed by atoms with Crippen molar-refractivity contribution in [2.45, 2.75) is 131 Å². The number of allylic oxidation sites excluding steroid dienone is 4. The van der Waals surface area contributed by atoms with Crippen molar-refractivity contribution >= 4 is 0 Å². The molecule has 0 aromatic rings. The Morgan fingerprint density at radius 2 is 1.69 bits per heavy atom. The molecular weight excluding hydrogens is 388 g/mol. The number of aliphatic hydroxyl groups excluding tert-OH is 1. The van der Waals surface area contributed by atoms with Gasteiger partial charge in [-0.2, -0.15) is 0 Å². The van der Waals surface area contributed by atoms with E-state index in [4.69, 9.17) is 0 Å². The molecule has 0 aliphatic heterocycles. The van der Waals surface area contributed by atoms with Gasteiger partial charge in [0.15, 0.2) is 0 Å². The Morgan fingerprint density at radius 1 is 0.938 bits per heavy atom. The van der Waals surface area contributed by atoms with E-state index >= 15 is 0 Å². The van der Waals surface area contributed by atoms with E-state index in [1.807, 2.05) is 5.57 Å². The predicted molar refractivity (Wildman–Crippen MR) is 135 cm³/mol. The number of hydrogen-bond donors (Lipinski definition) is 1. The second-order valence-electron chi connectivity index (χ2n) is 13.6. The molecule has 1 spiro atoms. The molecule has 0 amide bonds. The van der Waals surface area contributed by atoms with Crippen LogP contribution in [0.2, 0.25) is 0 Å². The zero-order chi connectivity index (χ0) is 22.7. The number of fused-ring (bicyclic) bond motifs is 5. The Labute approximate surface area is 198 Å². The molecule has 32 heavy (non-hydrogen) atoms. The molecule has 5 aliphatic rings. The van der Waals surface area contributed by atoms with Gasteiger partial charge < -0.3 is 5.11 Å². The highest BCUT2D eigenvalue weighted by Gasteiger charge is 2.60. The van der Waals surface area contributed by atoms with Crippen molar-refractivity contribution in [1.29, 1.82) is 0 Å². The van der Waals surface area contributed by atoms with Gasteiger partial charge in [0.1, 0.15) is 0 Å². The maximum atomic E-state index is 11.2. The Hall–Kier alpha value is -0.560. The first-order valence-corrected chi connectivity index (χ1v) is 14.3. The first-order chi connectivity index (χ1) is 15.2. The lowest BCUT2D eigenvalue weighted by molar-refractivity contribution is -0.108. The molecule has 0 aromatic heterocycles. The van der Waals surface area contributed by atoms with Crippen molar-refractivity contribution in [3.8, 4) is 0 Å². The molecular formula is C31H50O. The smallest absolute Gasteiger partial charge is 0.0599 e. The van der Waals surface area contributed by atoms with E-state index in [1.165, 1.54) is 83.5 Å². The van der Waals surface area contributed by atoms with Crippen LogP contribution in [0.15, 0.2) is 22.8 Å². The van der Waals surface area contributed by atoms with E-state index in [0.717, 1.165) is 30.1 Å². The molecule has 1 N–H and O–H groups in total. The summed E-state index contributed by atoms with van der Waals surface area (Å²) in [7, 11) is 0. The molecule has 1 heteroatoms. The van der Waals surface area contributed by atoms with E-state index in [1.54, 1.807) is 11.1 Å². The number of aliphatic hydroxyl groups is 1. The molecule has 0 aromatic carbocycles. The summed E-state index contributed by atoms with van der Waals surface area (Å²) in [6.07, 6.45) is 21.0. The second-order valence-corrected chi connectivity index (χ2v) is 13.6. The fourth-order valence-corrected chi connectivity index (χ4v) is 9.99. The van der Waals surface area contributed by atoms with Crippen molar-refractivity contribution in [3.63, 3.8) is 0 Å². The molecule has 180 valence electrons. The molecule has 5 rings (SSSR count). The summed E-state index contributed by atoms with van der Waals surface area (Å²) in [5.74, 6) is 3.24. The van der Waals surface area contributed by atoms with Crippen LogP contribution < -0.4 is 0 Å². The third kappa shape index (κ3) is 3.34. The van der Waals surface area contributed by atoms with Crippen molar-refractivity contribution in [3.05, 3.63) is 22.8 Å². The summed E-state index contributed by atoms with van der Waals surface area (Å²) in [6, 6.07) is 0. The molecule has 0 radical (unpaired) electrons. The van der Waals surface area contributed by atoms with Gasteiger partial charge in [-0.05, 0) is 109 Å². The van der Waals surface area contributed by atoms with Gasteiger partial charge in [0.25, 0.3) is 0 Å². The van der Waals surface area contributed by atoms with Crippen molar-refractivity contribution in [1.82, 2.24) is 0 Å². The summed E-state index contributed by atoms with van der Waals surface area (Å²) in [5, 5.41) is 11.2. The molecule has 0 heterocycles. The topological polar surface area (TPSA) is 20.2 Å². The van der Waals surface area contributed by atoms with Crippen LogP contribution in [0, 0.1) is 39.9 Å². The maximum Gasteiger partial charge on any atom is 0.0599 e. The minimum absolute atomic E-state index is 0.0409. The largest absolute Gasteiger partial charge is 0.393 e. The van der Waals surface area contributed by atoms with E-state index in [0.29, 0.717) is 10.8 Å². The highest BCUT2D eigenvalue weighted by atomic mass is 16.3. The lowest BCUT2D eigenvalue weighted by Crippen LogP contribution is -2.54. The third-order valence-corrected chi connectivity index (χ3v) is 11.7. The normalized spacial score (nSPS) is 41.5.